The van der Waals surface area contributed by atoms with Crippen molar-refractivity contribution >= 4 is 22.3 Å². The van der Waals surface area contributed by atoms with Crippen molar-refractivity contribution in [2.24, 2.45) is 0 Å². The Labute approximate surface area is 174 Å². The summed E-state index contributed by atoms with van der Waals surface area (Å²) in [4.78, 5) is 26.5. The van der Waals surface area contributed by atoms with E-state index < -0.39 is 5.41 Å². The van der Waals surface area contributed by atoms with Gasteiger partial charge in [0.25, 0.3) is 0 Å². The summed E-state index contributed by atoms with van der Waals surface area (Å²) in [5.74, 6) is 0.213. The van der Waals surface area contributed by atoms with Gasteiger partial charge in [0.1, 0.15) is 28.6 Å². The lowest BCUT2D eigenvalue weighted by molar-refractivity contribution is -0.122. The summed E-state index contributed by atoms with van der Waals surface area (Å²) in [7, 11) is 0. The molecule has 2 N–H and O–H groups in total. The van der Waals surface area contributed by atoms with Crippen LogP contribution >= 0.6 is 0 Å². The third-order valence-corrected chi connectivity index (χ3v) is 6.34. The molecule has 0 unspecified atom stereocenters. The number of Topliss-reactive ketones (excluding diaryl/α,β-unsaturated/α-hetero) is 1. The van der Waals surface area contributed by atoms with Crippen LogP contribution in [0, 0.1) is 0 Å². The van der Waals surface area contributed by atoms with Gasteiger partial charge in [0, 0.05) is 22.6 Å². The van der Waals surface area contributed by atoms with Crippen LogP contribution in [0.25, 0.3) is 27.9 Å². The minimum atomic E-state index is -0.991. The molecule has 154 valence electrons. The molecule has 5 heteroatoms. The first-order chi connectivity index (χ1) is 14.4. The van der Waals surface area contributed by atoms with E-state index >= 15 is 0 Å². The van der Waals surface area contributed by atoms with E-state index in [1.54, 1.807) is 25.1 Å². The number of fused-ring (bicyclic) bond motifs is 2. The Hall–Kier alpha value is -3.34. The smallest absolute Gasteiger partial charge is 0.196 e. The topological polar surface area (TPSA) is 87.7 Å². The van der Waals surface area contributed by atoms with Crippen molar-refractivity contribution in [2.45, 2.75) is 45.4 Å². The van der Waals surface area contributed by atoms with Crippen LogP contribution in [0.5, 0.6) is 5.75 Å². The van der Waals surface area contributed by atoms with Crippen LogP contribution in [0.3, 0.4) is 0 Å². The Kier molecular flexibility index (Phi) is 4.77. The summed E-state index contributed by atoms with van der Waals surface area (Å²) in [6.07, 6.45) is 1.25. The molecule has 0 saturated heterocycles. The molecule has 0 atom stereocenters. The molecular formula is C25H24O5. The fraction of sp³-hybridized carbons (Fsp3) is 0.280. The summed E-state index contributed by atoms with van der Waals surface area (Å²) in [5.41, 5.74) is -0.370. The van der Waals surface area contributed by atoms with Crippen LogP contribution in [0.1, 0.15) is 51.4 Å². The predicted octanol–water partition coefficient (Wildman–Crippen LogP) is 5.49. The lowest BCUT2D eigenvalue weighted by atomic mass is 9.68. The molecule has 0 amide bonds. The first kappa shape index (κ1) is 20.0. The number of aliphatic hydroxyl groups is 1. The summed E-state index contributed by atoms with van der Waals surface area (Å²) in [6, 6.07) is 11.9. The number of phenols is 1. The van der Waals surface area contributed by atoms with Gasteiger partial charge in [0.15, 0.2) is 11.2 Å². The van der Waals surface area contributed by atoms with Crippen molar-refractivity contribution in [3.05, 3.63) is 69.6 Å². The number of rotatable bonds is 4. The number of carbonyl (C=O) groups is 1. The average molecular weight is 404 g/mol. The zero-order valence-electron chi connectivity index (χ0n) is 17.3. The number of aromatic hydroxyl groups is 1. The highest BCUT2D eigenvalue weighted by atomic mass is 16.3. The van der Waals surface area contributed by atoms with E-state index in [0.717, 1.165) is 5.39 Å². The van der Waals surface area contributed by atoms with E-state index in [1.165, 1.54) is 6.07 Å². The highest BCUT2D eigenvalue weighted by molar-refractivity contribution is 6.10. The minimum Gasteiger partial charge on any atom is -0.507 e. The van der Waals surface area contributed by atoms with E-state index in [1.807, 2.05) is 32.0 Å². The number of phenolic OH excluding ortho intramolecular Hbond substituents is 1. The third-order valence-electron chi connectivity index (χ3n) is 6.34. The maximum absolute atomic E-state index is 13.3. The van der Waals surface area contributed by atoms with Gasteiger partial charge in [-0.05, 0) is 36.8 Å². The molecule has 0 spiro atoms. The number of carbonyl (C=O) groups excluding carboxylic acids is 1. The zero-order chi connectivity index (χ0) is 21.6. The van der Waals surface area contributed by atoms with Crippen molar-refractivity contribution in [3.63, 3.8) is 0 Å². The predicted molar refractivity (Wildman–Crippen MR) is 117 cm³/mol. The van der Waals surface area contributed by atoms with Crippen molar-refractivity contribution in [1.82, 2.24) is 0 Å². The van der Waals surface area contributed by atoms with Gasteiger partial charge < -0.3 is 14.6 Å². The molecule has 2 aromatic carbocycles. The fourth-order valence-electron chi connectivity index (χ4n) is 4.56. The van der Waals surface area contributed by atoms with Crippen LogP contribution < -0.4 is 5.43 Å². The highest BCUT2D eigenvalue weighted by Gasteiger charge is 2.48. The Balaban J connectivity index is 2.09. The van der Waals surface area contributed by atoms with Crippen LogP contribution in [0.2, 0.25) is 0 Å². The Morgan fingerprint density at radius 2 is 1.60 bits per heavy atom. The second-order valence-electron chi connectivity index (χ2n) is 7.66. The summed E-state index contributed by atoms with van der Waals surface area (Å²) in [6.45, 7) is 5.58. The van der Waals surface area contributed by atoms with Gasteiger partial charge in [-0.25, -0.2) is 0 Å². The van der Waals surface area contributed by atoms with Crippen LogP contribution in [0.15, 0.2) is 57.2 Å². The maximum Gasteiger partial charge on any atom is 0.196 e. The number of benzene rings is 2. The van der Waals surface area contributed by atoms with Gasteiger partial charge in [-0.15, -0.1) is 0 Å². The molecule has 0 bridgehead atoms. The second-order valence-corrected chi connectivity index (χ2v) is 7.66. The van der Waals surface area contributed by atoms with Crippen LogP contribution in [0.4, 0.5) is 0 Å². The van der Waals surface area contributed by atoms with E-state index in [0.29, 0.717) is 36.0 Å². The fourth-order valence-corrected chi connectivity index (χ4v) is 4.56. The molecule has 0 fully saturated rings. The molecule has 1 aliphatic rings. The van der Waals surface area contributed by atoms with Gasteiger partial charge in [-0.2, -0.15) is 0 Å². The third kappa shape index (κ3) is 2.61. The van der Waals surface area contributed by atoms with E-state index in [2.05, 4.69) is 0 Å². The maximum atomic E-state index is 13.3. The molecule has 4 rings (SSSR count). The van der Waals surface area contributed by atoms with Crippen molar-refractivity contribution in [2.75, 3.05) is 0 Å². The van der Waals surface area contributed by atoms with E-state index in [4.69, 9.17) is 4.42 Å². The van der Waals surface area contributed by atoms with Gasteiger partial charge in [-0.3, -0.25) is 9.59 Å². The first-order valence-corrected chi connectivity index (χ1v) is 10.3. The van der Waals surface area contributed by atoms with E-state index in [-0.39, 0.29) is 39.6 Å². The Bertz CT molecular complexity index is 1260. The molecule has 0 saturated carbocycles. The first-order valence-electron chi connectivity index (χ1n) is 10.3. The van der Waals surface area contributed by atoms with Crippen molar-refractivity contribution in [1.29, 1.82) is 0 Å². The summed E-state index contributed by atoms with van der Waals surface area (Å²) in [5, 5.41) is 22.3. The number of ketones is 1. The van der Waals surface area contributed by atoms with Crippen LogP contribution in [-0.4, -0.2) is 16.0 Å². The normalized spacial score (nSPS) is 15.5. The Morgan fingerprint density at radius 3 is 2.23 bits per heavy atom. The van der Waals surface area contributed by atoms with Gasteiger partial charge in [0.2, 0.25) is 0 Å². The SMILES string of the molecule is CCC1=C(O)c2c(oc(-c3ccc(O)c4ccccc34)cc2=O)C(CC)(CC)C1=O. The van der Waals surface area contributed by atoms with Gasteiger partial charge in [-0.1, -0.05) is 45.0 Å². The lowest BCUT2D eigenvalue weighted by Crippen LogP contribution is -2.41. The number of aliphatic hydroxyl groups excluding tert-OH is 1. The monoisotopic (exact) mass is 404 g/mol. The minimum absolute atomic E-state index is 0.0852. The zero-order valence-corrected chi connectivity index (χ0v) is 17.3. The molecule has 0 aliphatic heterocycles. The molecule has 30 heavy (non-hydrogen) atoms. The summed E-state index contributed by atoms with van der Waals surface area (Å²) >= 11 is 0. The standard InChI is InChI=1S/C25H24O5/c1-4-14-22(28)21-19(27)13-20(30-24(21)25(5-2,6-3)23(14)29)17-11-12-18(26)16-10-8-7-9-15(16)17/h7-13,26,28H,4-6H2,1-3H3. The number of hydrogen-bond acceptors (Lipinski definition) is 5. The van der Waals surface area contributed by atoms with Gasteiger partial charge in [0.05, 0.1) is 5.41 Å². The molecule has 1 aromatic heterocycles. The molecular weight excluding hydrogens is 380 g/mol. The Morgan fingerprint density at radius 1 is 0.933 bits per heavy atom. The van der Waals surface area contributed by atoms with Crippen molar-refractivity contribution < 1.29 is 19.4 Å². The summed E-state index contributed by atoms with van der Waals surface area (Å²) < 4.78 is 6.25. The quantitative estimate of drug-likeness (QED) is 0.601. The number of hydrogen-bond donors (Lipinski definition) is 2. The van der Waals surface area contributed by atoms with Crippen molar-refractivity contribution in [3.8, 4) is 17.1 Å². The van der Waals surface area contributed by atoms with Gasteiger partial charge >= 0.3 is 0 Å². The second kappa shape index (κ2) is 7.17. The molecule has 3 aromatic rings. The highest BCUT2D eigenvalue weighted by Crippen LogP contribution is 2.45. The van der Waals surface area contributed by atoms with Crippen LogP contribution in [-0.2, 0) is 10.2 Å². The molecule has 1 aliphatic carbocycles. The largest absolute Gasteiger partial charge is 0.507 e. The molecule has 5 nitrogen and oxygen atoms in total. The molecule has 0 radical (unpaired) electrons. The lowest BCUT2D eigenvalue weighted by Gasteiger charge is -2.35. The average Bonchev–Trinajstić information content (AvgIpc) is 2.75. The molecule has 1 heterocycles. The van der Waals surface area contributed by atoms with E-state index in [9.17, 15) is 19.8 Å². The number of allylic oxidation sites excluding steroid dienone is 1.